The molecule has 0 amide bonds. The lowest BCUT2D eigenvalue weighted by molar-refractivity contribution is 0.248. The van der Waals surface area contributed by atoms with E-state index in [1.54, 1.807) is 6.07 Å². The SMILES string of the molecule is Br.CC1(c2cc(=O)[nH]o2)CCNCC1. The van der Waals surface area contributed by atoms with E-state index in [4.69, 9.17) is 4.52 Å². The van der Waals surface area contributed by atoms with Gasteiger partial charge in [-0.25, -0.2) is 0 Å². The van der Waals surface area contributed by atoms with Gasteiger partial charge in [0, 0.05) is 11.5 Å². The number of nitrogens with one attached hydrogen (secondary N) is 2. The highest BCUT2D eigenvalue weighted by Crippen LogP contribution is 2.31. The quantitative estimate of drug-likeness (QED) is 0.800. The average molecular weight is 263 g/mol. The van der Waals surface area contributed by atoms with Crippen LogP contribution >= 0.6 is 17.0 Å². The van der Waals surface area contributed by atoms with Crippen molar-refractivity contribution in [3.05, 3.63) is 22.2 Å². The first-order valence-electron chi connectivity index (χ1n) is 4.60. The largest absolute Gasteiger partial charge is 0.383 e. The van der Waals surface area contributed by atoms with Crippen LogP contribution < -0.4 is 10.9 Å². The van der Waals surface area contributed by atoms with Crippen molar-refractivity contribution in [1.82, 2.24) is 10.5 Å². The first kappa shape index (κ1) is 11.5. The van der Waals surface area contributed by atoms with Crippen molar-refractivity contribution in [3.8, 4) is 0 Å². The molecule has 0 radical (unpaired) electrons. The van der Waals surface area contributed by atoms with Crippen LogP contribution in [0.1, 0.15) is 25.5 Å². The standard InChI is InChI=1S/C9H14N2O2.BrH/c1-9(2-4-10-5-3-9)7-6-8(12)11-13-7;/h6,10H,2-5H2,1H3,(H,11,12);1H. The van der Waals surface area contributed by atoms with E-state index in [1.807, 2.05) is 0 Å². The normalized spacial score (nSPS) is 20.1. The fourth-order valence-corrected chi connectivity index (χ4v) is 1.81. The molecule has 2 N–H and O–H groups in total. The summed E-state index contributed by atoms with van der Waals surface area (Å²) in [5.41, 5.74) is -0.112. The molecule has 0 spiro atoms. The zero-order chi connectivity index (χ0) is 9.31. The Morgan fingerprint density at radius 3 is 2.57 bits per heavy atom. The highest BCUT2D eigenvalue weighted by Gasteiger charge is 2.32. The first-order valence-corrected chi connectivity index (χ1v) is 4.60. The lowest BCUT2D eigenvalue weighted by atomic mass is 9.79. The minimum absolute atomic E-state index is 0. The van der Waals surface area contributed by atoms with E-state index < -0.39 is 0 Å². The molecule has 0 saturated carbocycles. The molecule has 2 rings (SSSR count). The van der Waals surface area contributed by atoms with Gasteiger partial charge in [0.05, 0.1) is 0 Å². The monoisotopic (exact) mass is 262 g/mol. The number of aromatic nitrogens is 1. The van der Waals surface area contributed by atoms with Gasteiger partial charge < -0.3 is 9.84 Å². The highest BCUT2D eigenvalue weighted by molar-refractivity contribution is 8.93. The van der Waals surface area contributed by atoms with Gasteiger partial charge in [0.25, 0.3) is 5.56 Å². The minimum Gasteiger partial charge on any atom is -0.383 e. The van der Waals surface area contributed by atoms with Gasteiger partial charge in [-0.05, 0) is 25.9 Å². The summed E-state index contributed by atoms with van der Waals surface area (Å²) in [5.74, 6) is 0.791. The summed E-state index contributed by atoms with van der Waals surface area (Å²) in [6.45, 7) is 4.12. The number of hydrogen-bond acceptors (Lipinski definition) is 3. The molecule has 1 aromatic rings. The van der Waals surface area contributed by atoms with E-state index >= 15 is 0 Å². The Kier molecular flexibility index (Phi) is 3.55. The molecular weight excluding hydrogens is 248 g/mol. The van der Waals surface area contributed by atoms with E-state index in [2.05, 4.69) is 17.4 Å². The summed E-state index contributed by atoms with van der Waals surface area (Å²) in [4.78, 5) is 10.9. The smallest absolute Gasteiger partial charge is 0.280 e. The molecule has 0 atom stereocenters. The van der Waals surface area contributed by atoms with Crippen molar-refractivity contribution in [2.45, 2.75) is 25.2 Å². The molecule has 5 heteroatoms. The van der Waals surface area contributed by atoms with Crippen LogP contribution in [-0.2, 0) is 5.41 Å². The molecule has 1 aromatic heterocycles. The molecule has 80 valence electrons. The molecule has 0 aliphatic carbocycles. The predicted octanol–water partition coefficient (Wildman–Crippen LogP) is 1.19. The van der Waals surface area contributed by atoms with Crippen LogP contribution in [0.3, 0.4) is 0 Å². The van der Waals surface area contributed by atoms with E-state index in [0.29, 0.717) is 0 Å². The Bertz CT molecular complexity index is 339. The fraction of sp³-hybridized carbons (Fsp3) is 0.667. The van der Waals surface area contributed by atoms with Gasteiger partial charge in [-0.1, -0.05) is 6.92 Å². The highest BCUT2D eigenvalue weighted by atomic mass is 79.9. The Morgan fingerprint density at radius 1 is 1.43 bits per heavy atom. The third-order valence-electron chi connectivity index (χ3n) is 2.83. The summed E-state index contributed by atoms with van der Waals surface area (Å²) in [6, 6.07) is 1.56. The lowest BCUT2D eigenvalue weighted by Gasteiger charge is -2.31. The zero-order valence-corrected chi connectivity index (χ0v) is 9.84. The Balaban J connectivity index is 0.000000980. The van der Waals surface area contributed by atoms with Crippen LogP contribution in [0, 0.1) is 0 Å². The summed E-state index contributed by atoms with van der Waals surface area (Å²) >= 11 is 0. The van der Waals surface area contributed by atoms with Crippen LogP contribution in [0.5, 0.6) is 0 Å². The number of H-pyrrole nitrogens is 1. The van der Waals surface area contributed by atoms with Crippen LogP contribution in [0.15, 0.2) is 15.4 Å². The number of rotatable bonds is 1. The lowest BCUT2D eigenvalue weighted by Crippen LogP contribution is -2.37. The van der Waals surface area contributed by atoms with E-state index in [0.717, 1.165) is 31.7 Å². The number of piperidine rings is 1. The van der Waals surface area contributed by atoms with E-state index in [-0.39, 0.29) is 28.0 Å². The maximum absolute atomic E-state index is 10.9. The van der Waals surface area contributed by atoms with Crippen molar-refractivity contribution in [3.63, 3.8) is 0 Å². The Morgan fingerprint density at radius 2 is 2.07 bits per heavy atom. The molecule has 1 fully saturated rings. The molecular formula is C9H15BrN2O2. The summed E-state index contributed by atoms with van der Waals surface area (Å²) in [5, 5.41) is 5.63. The molecule has 0 aromatic carbocycles. The molecule has 1 aliphatic rings. The van der Waals surface area contributed by atoms with Crippen LogP contribution in [0.4, 0.5) is 0 Å². The fourth-order valence-electron chi connectivity index (χ4n) is 1.81. The maximum atomic E-state index is 10.9. The van der Waals surface area contributed by atoms with E-state index in [1.165, 1.54) is 0 Å². The Labute approximate surface area is 92.8 Å². The molecule has 0 bridgehead atoms. The van der Waals surface area contributed by atoms with Crippen LogP contribution in [0.2, 0.25) is 0 Å². The Hall–Kier alpha value is -0.550. The van der Waals surface area contributed by atoms with Gasteiger partial charge in [-0.2, -0.15) is 5.16 Å². The van der Waals surface area contributed by atoms with Crippen molar-refractivity contribution in [2.24, 2.45) is 0 Å². The number of hydrogen-bond donors (Lipinski definition) is 2. The molecule has 14 heavy (non-hydrogen) atoms. The van der Waals surface area contributed by atoms with Gasteiger partial charge in [0.15, 0.2) is 0 Å². The number of halogens is 1. The minimum atomic E-state index is -0.144. The average Bonchev–Trinajstić information content (AvgIpc) is 2.54. The van der Waals surface area contributed by atoms with E-state index in [9.17, 15) is 4.79 Å². The summed E-state index contributed by atoms with van der Waals surface area (Å²) in [6.07, 6.45) is 2.04. The van der Waals surface area contributed by atoms with Gasteiger partial charge in [-0.15, -0.1) is 17.0 Å². The first-order chi connectivity index (χ1) is 6.21. The molecule has 2 heterocycles. The second-order valence-electron chi connectivity index (χ2n) is 3.89. The predicted molar refractivity (Wildman–Crippen MR) is 59.1 cm³/mol. The topological polar surface area (TPSA) is 58.0 Å². The third-order valence-corrected chi connectivity index (χ3v) is 2.83. The van der Waals surface area contributed by atoms with Crippen molar-refractivity contribution < 1.29 is 4.52 Å². The van der Waals surface area contributed by atoms with Gasteiger partial charge >= 0.3 is 0 Å². The molecule has 0 unspecified atom stereocenters. The van der Waals surface area contributed by atoms with Gasteiger partial charge in [-0.3, -0.25) is 4.79 Å². The number of aromatic amines is 1. The maximum Gasteiger partial charge on any atom is 0.280 e. The summed E-state index contributed by atoms with van der Waals surface area (Å²) in [7, 11) is 0. The van der Waals surface area contributed by atoms with Crippen molar-refractivity contribution >= 4 is 17.0 Å². The third kappa shape index (κ3) is 2.09. The zero-order valence-electron chi connectivity index (χ0n) is 8.13. The van der Waals surface area contributed by atoms with Crippen LogP contribution in [0.25, 0.3) is 0 Å². The molecule has 4 nitrogen and oxygen atoms in total. The second kappa shape index (κ2) is 4.31. The molecule has 1 aliphatic heterocycles. The van der Waals surface area contributed by atoms with Gasteiger partial charge in [0.1, 0.15) is 5.76 Å². The van der Waals surface area contributed by atoms with Crippen molar-refractivity contribution in [2.75, 3.05) is 13.1 Å². The van der Waals surface area contributed by atoms with Crippen molar-refractivity contribution in [1.29, 1.82) is 0 Å². The molecule has 1 saturated heterocycles. The second-order valence-corrected chi connectivity index (χ2v) is 3.89. The van der Waals surface area contributed by atoms with Gasteiger partial charge in [0.2, 0.25) is 0 Å². The van der Waals surface area contributed by atoms with Crippen LogP contribution in [-0.4, -0.2) is 18.2 Å². The summed E-state index contributed by atoms with van der Waals surface area (Å²) < 4.78 is 5.14.